The van der Waals surface area contributed by atoms with Crippen molar-refractivity contribution in [2.75, 3.05) is 11.9 Å². The van der Waals surface area contributed by atoms with Crippen LogP contribution in [0.15, 0.2) is 53.4 Å². The van der Waals surface area contributed by atoms with Crippen LogP contribution in [0.25, 0.3) is 10.9 Å². The Kier molecular flexibility index (Phi) is 4.91. The van der Waals surface area contributed by atoms with E-state index in [-0.39, 0.29) is 16.2 Å². The number of hydrogen-bond donors (Lipinski definition) is 2. The molecule has 0 saturated heterocycles. The van der Waals surface area contributed by atoms with E-state index < -0.39 is 22.0 Å². The Labute approximate surface area is 165 Å². The van der Waals surface area contributed by atoms with Gasteiger partial charge in [-0.1, -0.05) is 12.1 Å². The number of hydrogen-bond acceptors (Lipinski definition) is 5. The quantitative estimate of drug-likeness (QED) is 0.625. The first-order chi connectivity index (χ1) is 13.7. The fraction of sp³-hybridized carbons (Fsp3) is 0.263. The van der Waals surface area contributed by atoms with Crippen LogP contribution in [0.2, 0.25) is 0 Å². The molecule has 0 unspecified atom stereocenters. The highest BCUT2D eigenvalue weighted by Gasteiger charge is 2.35. The molecule has 0 spiro atoms. The van der Waals surface area contributed by atoms with Crippen LogP contribution in [0, 0.1) is 5.92 Å². The van der Waals surface area contributed by atoms with Crippen molar-refractivity contribution >= 4 is 32.4 Å². The largest absolute Gasteiger partial charge is 0.451 e. The minimum absolute atomic E-state index is 0.00890. The Balaban J connectivity index is 1.61. The molecule has 2 aromatic carbocycles. The second-order valence-electron chi connectivity index (χ2n) is 6.86. The first-order valence-electron chi connectivity index (χ1n) is 8.93. The van der Waals surface area contributed by atoms with Crippen molar-refractivity contribution in [2.45, 2.75) is 23.9 Å². The molecule has 1 aliphatic carbocycles. The molecule has 1 fully saturated rings. The molecular formula is C19H17F3N4O2S. The Morgan fingerprint density at radius 3 is 2.34 bits per heavy atom. The third-order valence-corrected chi connectivity index (χ3v) is 5.98. The number of halogens is 3. The van der Waals surface area contributed by atoms with Crippen molar-refractivity contribution in [3.63, 3.8) is 0 Å². The van der Waals surface area contributed by atoms with Crippen LogP contribution in [-0.2, 0) is 16.2 Å². The van der Waals surface area contributed by atoms with Crippen LogP contribution in [0.5, 0.6) is 0 Å². The summed E-state index contributed by atoms with van der Waals surface area (Å²) in [5, 5.41) is 3.25. The van der Waals surface area contributed by atoms with E-state index in [9.17, 15) is 21.6 Å². The first kappa shape index (κ1) is 19.6. The van der Waals surface area contributed by atoms with Gasteiger partial charge in [0, 0.05) is 17.6 Å². The van der Waals surface area contributed by atoms with Gasteiger partial charge < -0.3 is 5.32 Å². The van der Waals surface area contributed by atoms with Gasteiger partial charge in [0.2, 0.25) is 15.8 Å². The van der Waals surface area contributed by atoms with Gasteiger partial charge in [-0.05, 0) is 55.2 Å². The number of para-hydroxylation sites is 1. The van der Waals surface area contributed by atoms with E-state index in [0.29, 0.717) is 23.5 Å². The Morgan fingerprint density at radius 2 is 1.69 bits per heavy atom. The highest BCUT2D eigenvalue weighted by molar-refractivity contribution is 7.89. The SMILES string of the molecule is O=S(=O)(NCC1CC1)c1ccc(Nc2nc(C(F)(F)F)nc3ccccc23)cc1. The molecule has 1 aliphatic rings. The smallest absolute Gasteiger partial charge is 0.340 e. The van der Waals surface area contributed by atoms with Gasteiger partial charge in [-0.15, -0.1) is 0 Å². The van der Waals surface area contributed by atoms with E-state index in [2.05, 4.69) is 20.0 Å². The molecule has 3 aromatic rings. The maximum Gasteiger partial charge on any atom is 0.451 e. The average molecular weight is 422 g/mol. The molecular weight excluding hydrogens is 405 g/mol. The number of fused-ring (bicyclic) bond motifs is 1. The molecule has 1 aromatic heterocycles. The molecule has 0 radical (unpaired) electrons. The highest BCUT2D eigenvalue weighted by Crippen LogP contribution is 2.32. The van der Waals surface area contributed by atoms with Gasteiger partial charge in [0.05, 0.1) is 10.4 Å². The number of nitrogens with one attached hydrogen (secondary N) is 2. The third-order valence-electron chi connectivity index (χ3n) is 4.54. The van der Waals surface area contributed by atoms with Crippen LogP contribution in [0.3, 0.4) is 0 Å². The minimum Gasteiger partial charge on any atom is -0.340 e. The van der Waals surface area contributed by atoms with Crippen molar-refractivity contribution < 1.29 is 21.6 Å². The number of benzene rings is 2. The molecule has 6 nitrogen and oxygen atoms in total. The van der Waals surface area contributed by atoms with E-state index in [1.807, 2.05) is 0 Å². The molecule has 29 heavy (non-hydrogen) atoms. The average Bonchev–Trinajstić information content (AvgIpc) is 3.51. The molecule has 0 bridgehead atoms. The number of anilines is 2. The number of sulfonamides is 1. The summed E-state index contributed by atoms with van der Waals surface area (Å²) in [6.45, 7) is 0.412. The summed E-state index contributed by atoms with van der Waals surface area (Å²) < 4.78 is 66.5. The predicted molar refractivity (Wildman–Crippen MR) is 102 cm³/mol. The molecule has 0 atom stereocenters. The summed E-state index contributed by atoms with van der Waals surface area (Å²) in [5.41, 5.74) is 0.559. The number of aromatic nitrogens is 2. The van der Waals surface area contributed by atoms with E-state index in [0.717, 1.165) is 12.8 Å². The summed E-state index contributed by atoms with van der Waals surface area (Å²) >= 11 is 0. The molecule has 4 rings (SSSR count). The van der Waals surface area contributed by atoms with E-state index in [1.165, 1.54) is 30.3 Å². The molecule has 2 N–H and O–H groups in total. The topological polar surface area (TPSA) is 84.0 Å². The van der Waals surface area contributed by atoms with Gasteiger partial charge in [-0.25, -0.2) is 23.1 Å². The number of nitrogens with zero attached hydrogens (tertiary/aromatic N) is 2. The maximum atomic E-state index is 13.1. The van der Waals surface area contributed by atoms with Gasteiger partial charge in [-0.2, -0.15) is 13.2 Å². The Hall–Kier alpha value is -2.72. The lowest BCUT2D eigenvalue weighted by molar-refractivity contribution is -0.144. The van der Waals surface area contributed by atoms with Crippen molar-refractivity contribution in [3.8, 4) is 0 Å². The van der Waals surface area contributed by atoms with E-state index >= 15 is 0 Å². The zero-order valence-corrected chi connectivity index (χ0v) is 15.9. The lowest BCUT2D eigenvalue weighted by Crippen LogP contribution is -2.25. The summed E-state index contributed by atoms with van der Waals surface area (Å²) in [5.74, 6) is -0.854. The van der Waals surface area contributed by atoms with Crippen LogP contribution in [-0.4, -0.2) is 24.9 Å². The Bertz CT molecular complexity index is 1140. The molecule has 152 valence electrons. The fourth-order valence-electron chi connectivity index (χ4n) is 2.79. The first-order valence-corrected chi connectivity index (χ1v) is 10.4. The predicted octanol–water partition coefficient (Wildman–Crippen LogP) is 4.08. The summed E-state index contributed by atoms with van der Waals surface area (Å²) in [7, 11) is -3.62. The van der Waals surface area contributed by atoms with Gasteiger partial charge in [-0.3, -0.25) is 0 Å². The normalized spacial score (nSPS) is 14.9. The van der Waals surface area contributed by atoms with Crippen molar-refractivity contribution in [3.05, 3.63) is 54.4 Å². The highest BCUT2D eigenvalue weighted by atomic mass is 32.2. The van der Waals surface area contributed by atoms with Gasteiger partial charge in [0.15, 0.2) is 0 Å². The Morgan fingerprint density at radius 1 is 1.00 bits per heavy atom. The molecule has 1 heterocycles. The van der Waals surface area contributed by atoms with Crippen LogP contribution >= 0.6 is 0 Å². The summed E-state index contributed by atoms with van der Waals surface area (Å²) in [6, 6.07) is 12.1. The number of rotatable bonds is 6. The zero-order valence-electron chi connectivity index (χ0n) is 15.1. The standard InChI is InChI=1S/C19H17F3N4O2S/c20-19(21,22)18-25-16-4-2-1-3-15(16)17(26-18)24-13-7-9-14(10-8-13)29(27,28)23-11-12-5-6-12/h1-4,7-10,12,23H,5-6,11H2,(H,24,25,26). The van der Waals surface area contributed by atoms with Crippen LogP contribution < -0.4 is 10.0 Å². The zero-order chi connectivity index (χ0) is 20.6. The minimum atomic E-state index is -4.69. The monoisotopic (exact) mass is 422 g/mol. The lowest BCUT2D eigenvalue weighted by Gasteiger charge is -2.13. The lowest BCUT2D eigenvalue weighted by atomic mass is 10.2. The summed E-state index contributed by atoms with van der Waals surface area (Å²) in [4.78, 5) is 7.28. The van der Waals surface area contributed by atoms with Gasteiger partial charge >= 0.3 is 6.18 Å². The van der Waals surface area contributed by atoms with Crippen molar-refractivity contribution in [1.29, 1.82) is 0 Å². The molecule has 10 heteroatoms. The molecule has 0 aliphatic heterocycles. The van der Waals surface area contributed by atoms with Crippen molar-refractivity contribution in [1.82, 2.24) is 14.7 Å². The number of alkyl halides is 3. The van der Waals surface area contributed by atoms with Crippen molar-refractivity contribution in [2.24, 2.45) is 5.92 Å². The van der Waals surface area contributed by atoms with E-state index in [1.54, 1.807) is 18.2 Å². The second kappa shape index (κ2) is 7.27. The summed E-state index contributed by atoms with van der Waals surface area (Å²) in [6.07, 6.45) is -2.64. The maximum absolute atomic E-state index is 13.1. The molecule has 0 amide bonds. The van der Waals surface area contributed by atoms with Gasteiger partial charge in [0.1, 0.15) is 5.82 Å². The second-order valence-corrected chi connectivity index (χ2v) is 8.62. The van der Waals surface area contributed by atoms with Crippen LogP contribution in [0.4, 0.5) is 24.7 Å². The fourth-order valence-corrected chi connectivity index (χ4v) is 3.90. The van der Waals surface area contributed by atoms with Gasteiger partial charge in [0.25, 0.3) is 0 Å². The molecule has 1 saturated carbocycles. The third kappa shape index (κ3) is 4.48. The van der Waals surface area contributed by atoms with E-state index in [4.69, 9.17) is 0 Å². The van der Waals surface area contributed by atoms with Crippen LogP contribution in [0.1, 0.15) is 18.7 Å².